The number of rotatable bonds is 4. The van der Waals surface area contributed by atoms with Gasteiger partial charge in [0.15, 0.2) is 0 Å². The standard InChI is InChI=1S/C21H25NO4/c1-2-25-21(24)16-7-4-8-22(12-16)13-17-11-20(23)26-19-10-15-6-3-5-14(15)9-18(17)19/h9-11,16H,2-8,12-13H2,1H3. The van der Waals surface area contributed by atoms with Crippen molar-refractivity contribution in [2.75, 3.05) is 19.7 Å². The maximum Gasteiger partial charge on any atom is 0.336 e. The van der Waals surface area contributed by atoms with Gasteiger partial charge >= 0.3 is 11.6 Å². The molecule has 2 aromatic rings. The van der Waals surface area contributed by atoms with Gasteiger partial charge < -0.3 is 9.15 Å². The number of benzene rings is 1. The van der Waals surface area contributed by atoms with Crippen molar-refractivity contribution >= 4 is 16.9 Å². The van der Waals surface area contributed by atoms with E-state index in [2.05, 4.69) is 11.0 Å². The summed E-state index contributed by atoms with van der Waals surface area (Å²) in [6.45, 7) is 4.54. The second kappa shape index (κ2) is 7.23. The van der Waals surface area contributed by atoms with E-state index in [4.69, 9.17) is 9.15 Å². The molecule has 0 saturated carbocycles. The molecule has 1 atom stereocenters. The van der Waals surface area contributed by atoms with Crippen molar-refractivity contribution in [3.63, 3.8) is 0 Å². The second-order valence-electron chi connectivity index (χ2n) is 7.39. The van der Waals surface area contributed by atoms with Crippen molar-refractivity contribution < 1.29 is 13.9 Å². The van der Waals surface area contributed by atoms with E-state index in [1.807, 2.05) is 13.0 Å². The maximum atomic E-state index is 12.1. The molecule has 2 aliphatic rings. The van der Waals surface area contributed by atoms with Gasteiger partial charge in [0.1, 0.15) is 5.58 Å². The van der Waals surface area contributed by atoms with Gasteiger partial charge in [-0.3, -0.25) is 9.69 Å². The molecule has 138 valence electrons. The average Bonchev–Trinajstić information content (AvgIpc) is 3.08. The molecular weight excluding hydrogens is 330 g/mol. The first kappa shape index (κ1) is 17.3. The summed E-state index contributed by atoms with van der Waals surface area (Å²) in [7, 11) is 0. The van der Waals surface area contributed by atoms with E-state index < -0.39 is 0 Å². The quantitative estimate of drug-likeness (QED) is 0.623. The molecular formula is C21H25NO4. The SMILES string of the molecule is CCOC(=O)C1CCCN(Cc2cc(=O)oc3cc4c(cc23)CCC4)C1. The number of nitrogens with zero attached hydrogens (tertiary/aromatic N) is 1. The lowest BCUT2D eigenvalue weighted by Gasteiger charge is -2.31. The van der Waals surface area contributed by atoms with Crippen LogP contribution in [0.2, 0.25) is 0 Å². The Kier molecular flexibility index (Phi) is 4.81. The summed E-state index contributed by atoms with van der Waals surface area (Å²) in [5, 5.41) is 1.03. The van der Waals surface area contributed by atoms with Gasteiger partial charge in [-0.1, -0.05) is 0 Å². The lowest BCUT2D eigenvalue weighted by molar-refractivity contribution is -0.150. The van der Waals surface area contributed by atoms with E-state index >= 15 is 0 Å². The predicted octanol–water partition coefficient (Wildman–Crippen LogP) is 3.06. The molecule has 1 fully saturated rings. The fraction of sp³-hybridized carbons (Fsp3) is 0.524. The van der Waals surface area contributed by atoms with Crippen molar-refractivity contribution in [2.45, 2.75) is 45.6 Å². The number of hydrogen-bond donors (Lipinski definition) is 0. The molecule has 1 aliphatic carbocycles. The predicted molar refractivity (Wildman–Crippen MR) is 99.1 cm³/mol. The van der Waals surface area contributed by atoms with Gasteiger partial charge in [-0.05, 0) is 74.4 Å². The summed E-state index contributed by atoms with van der Waals surface area (Å²) in [6.07, 6.45) is 5.17. The summed E-state index contributed by atoms with van der Waals surface area (Å²) in [4.78, 5) is 26.4. The highest BCUT2D eigenvalue weighted by molar-refractivity contribution is 5.82. The Bertz CT molecular complexity index is 885. The Morgan fingerprint density at radius 1 is 1.23 bits per heavy atom. The fourth-order valence-electron chi connectivity index (χ4n) is 4.32. The number of hydrogen-bond acceptors (Lipinski definition) is 5. The van der Waals surface area contributed by atoms with Crippen LogP contribution in [0.5, 0.6) is 0 Å². The van der Waals surface area contributed by atoms with E-state index in [9.17, 15) is 9.59 Å². The van der Waals surface area contributed by atoms with Crippen LogP contribution in [0.15, 0.2) is 27.4 Å². The number of ether oxygens (including phenoxy) is 1. The summed E-state index contributed by atoms with van der Waals surface area (Å²) in [5.74, 6) is -0.174. The fourth-order valence-corrected chi connectivity index (χ4v) is 4.32. The van der Waals surface area contributed by atoms with E-state index in [0.29, 0.717) is 25.3 Å². The Labute approximate surface area is 152 Å². The smallest absolute Gasteiger partial charge is 0.336 e. The third-order valence-electron chi connectivity index (χ3n) is 5.56. The summed E-state index contributed by atoms with van der Waals surface area (Å²) >= 11 is 0. The van der Waals surface area contributed by atoms with Crippen LogP contribution in [0, 0.1) is 5.92 Å². The molecule has 1 aromatic carbocycles. The molecule has 0 bridgehead atoms. The molecule has 0 amide bonds. The van der Waals surface area contributed by atoms with Gasteiger partial charge in [0.25, 0.3) is 0 Å². The van der Waals surface area contributed by atoms with Gasteiger partial charge in [0, 0.05) is 24.5 Å². The first-order chi connectivity index (χ1) is 12.6. The molecule has 0 N–H and O–H groups in total. The average molecular weight is 355 g/mol. The zero-order valence-electron chi connectivity index (χ0n) is 15.3. The third-order valence-corrected chi connectivity index (χ3v) is 5.56. The maximum absolute atomic E-state index is 12.1. The molecule has 2 heterocycles. The molecule has 1 saturated heterocycles. The van der Waals surface area contributed by atoms with E-state index in [0.717, 1.165) is 43.2 Å². The highest BCUT2D eigenvalue weighted by Gasteiger charge is 2.27. The van der Waals surface area contributed by atoms with E-state index in [-0.39, 0.29) is 17.5 Å². The number of esters is 1. The van der Waals surface area contributed by atoms with E-state index in [1.165, 1.54) is 17.5 Å². The molecule has 5 heteroatoms. The van der Waals surface area contributed by atoms with Crippen LogP contribution in [0.1, 0.15) is 42.9 Å². The van der Waals surface area contributed by atoms with Crippen LogP contribution < -0.4 is 5.63 Å². The monoisotopic (exact) mass is 355 g/mol. The van der Waals surface area contributed by atoms with Gasteiger partial charge in [0.05, 0.1) is 12.5 Å². The van der Waals surface area contributed by atoms with Crippen LogP contribution in [-0.2, 0) is 28.9 Å². The van der Waals surface area contributed by atoms with Crippen LogP contribution in [0.25, 0.3) is 11.0 Å². The summed E-state index contributed by atoms with van der Waals surface area (Å²) < 4.78 is 10.6. The normalized spacial score (nSPS) is 20.3. The van der Waals surface area contributed by atoms with Crippen LogP contribution in [-0.4, -0.2) is 30.6 Å². The van der Waals surface area contributed by atoms with Crippen molar-refractivity contribution in [2.24, 2.45) is 5.92 Å². The van der Waals surface area contributed by atoms with Gasteiger partial charge in [-0.2, -0.15) is 0 Å². The second-order valence-corrected chi connectivity index (χ2v) is 7.39. The van der Waals surface area contributed by atoms with E-state index in [1.54, 1.807) is 6.07 Å². The lowest BCUT2D eigenvalue weighted by atomic mass is 9.97. The first-order valence-corrected chi connectivity index (χ1v) is 9.61. The minimum atomic E-state index is -0.301. The van der Waals surface area contributed by atoms with Gasteiger partial charge in [0.2, 0.25) is 0 Å². The van der Waals surface area contributed by atoms with Crippen molar-refractivity contribution in [1.29, 1.82) is 0 Å². The minimum Gasteiger partial charge on any atom is -0.466 e. The Balaban J connectivity index is 1.60. The highest BCUT2D eigenvalue weighted by atomic mass is 16.5. The van der Waals surface area contributed by atoms with Crippen molar-refractivity contribution in [1.82, 2.24) is 4.90 Å². The van der Waals surface area contributed by atoms with Crippen molar-refractivity contribution in [3.8, 4) is 0 Å². The summed E-state index contributed by atoms with van der Waals surface area (Å²) in [5.41, 5.74) is 4.06. The molecule has 0 spiro atoms. The van der Waals surface area contributed by atoms with Gasteiger partial charge in [-0.25, -0.2) is 4.79 Å². The van der Waals surface area contributed by atoms with Crippen molar-refractivity contribution in [3.05, 3.63) is 45.3 Å². The molecule has 1 aliphatic heterocycles. The Morgan fingerprint density at radius 2 is 2.04 bits per heavy atom. The van der Waals surface area contributed by atoms with Crippen LogP contribution >= 0.6 is 0 Å². The number of carbonyl (C=O) groups is 1. The van der Waals surface area contributed by atoms with Crippen LogP contribution in [0.4, 0.5) is 0 Å². The van der Waals surface area contributed by atoms with Gasteiger partial charge in [-0.15, -0.1) is 0 Å². The van der Waals surface area contributed by atoms with Crippen LogP contribution in [0.3, 0.4) is 0 Å². The topological polar surface area (TPSA) is 59.8 Å². The molecule has 5 nitrogen and oxygen atoms in total. The number of likely N-dealkylation sites (tertiary alicyclic amines) is 1. The molecule has 4 rings (SSSR count). The first-order valence-electron chi connectivity index (χ1n) is 9.61. The molecule has 0 radical (unpaired) electrons. The zero-order valence-corrected chi connectivity index (χ0v) is 15.3. The third kappa shape index (κ3) is 3.40. The largest absolute Gasteiger partial charge is 0.466 e. The lowest BCUT2D eigenvalue weighted by Crippen LogP contribution is -2.39. The number of piperidine rings is 1. The number of aryl methyl sites for hydroxylation is 2. The zero-order chi connectivity index (χ0) is 18.1. The molecule has 1 unspecified atom stereocenters. The minimum absolute atomic E-state index is 0.0701. The Hall–Kier alpha value is -2.14. The highest BCUT2D eigenvalue weighted by Crippen LogP contribution is 2.29. The Morgan fingerprint density at radius 3 is 2.85 bits per heavy atom. The number of fused-ring (bicyclic) bond motifs is 2. The summed E-state index contributed by atoms with van der Waals surface area (Å²) in [6, 6.07) is 5.85. The molecule has 1 aromatic heterocycles. The molecule has 26 heavy (non-hydrogen) atoms. The number of carbonyl (C=O) groups excluding carboxylic acids is 1.